The van der Waals surface area contributed by atoms with E-state index in [9.17, 15) is 14.0 Å². The number of esters is 1. The van der Waals surface area contributed by atoms with E-state index in [1.807, 2.05) is 0 Å². The van der Waals surface area contributed by atoms with E-state index < -0.39 is 23.7 Å². The van der Waals surface area contributed by atoms with Gasteiger partial charge in [0.05, 0.1) is 7.11 Å². The van der Waals surface area contributed by atoms with Crippen LogP contribution in [0.2, 0.25) is 0 Å². The van der Waals surface area contributed by atoms with Gasteiger partial charge >= 0.3 is 5.97 Å². The van der Waals surface area contributed by atoms with Crippen LogP contribution in [0.25, 0.3) is 0 Å². The van der Waals surface area contributed by atoms with E-state index in [1.54, 1.807) is 30.3 Å². The summed E-state index contributed by atoms with van der Waals surface area (Å²) in [5.74, 6) is -1.34. The van der Waals surface area contributed by atoms with Crippen molar-refractivity contribution in [1.82, 2.24) is 5.32 Å². The molecule has 0 aliphatic carbocycles. The Kier molecular flexibility index (Phi) is 5.68. The molecule has 1 unspecified atom stereocenters. The minimum Gasteiger partial charge on any atom is -0.484 e. The highest BCUT2D eigenvalue weighted by Crippen LogP contribution is 2.15. The second-order valence-corrected chi connectivity index (χ2v) is 4.68. The molecule has 1 N–H and O–H groups in total. The molecule has 0 aliphatic heterocycles. The largest absolute Gasteiger partial charge is 0.484 e. The standard InChI is InChI=1S/C17H16FNO4/c1-22-17(21)16(12-6-3-2-4-7-12)19-15(20)11-23-14-9-5-8-13(18)10-14/h2-10,16H,11H2,1H3,(H,19,20). The second kappa shape index (κ2) is 7.93. The Bertz CT molecular complexity index is 675. The molecule has 1 amide bonds. The summed E-state index contributed by atoms with van der Waals surface area (Å²) in [5.41, 5.74) is 0.596. The second-order valence-electron chi connectivity index (χ2n) is 4.68. The summed E-state index contributed by atoms with van der Waals surface area (Å²) in [4.78, 5) is 23.8. The van der Waals surface area contributed by atoms with Crippen molar-refractivity contribution in [3.63, 3.8) is 0 Å². The molecule has 2 aromatic carbocycles. The van der Waals surface area contributed by atoms with E-state index in [0.29, 0.717) is 5.56 Å². The highest BCUT2D eigenvalue weighted by molar-refractivity contribution is 5.86. The molecule has 6 heteroatoms. The summed E-state index contributed by atoms with van der Waals surface area (Å²) < 4.78 is 22.9. The molecule has 0 aromatic heterocycles. The predicted molar refractivity (Wildman–Crippen MR) is 81.2 cm³/mol. The minimum atomic E-state index is -0.926. The van der Waals surface area contributed by atoms with Crippen LogP contribution in [0.4, 0.5) is 4.39 Å². The Morgan fingerprint density at radius 3 is 2.52 bits per heavy atom. The van der Waals surface area contributed by atoms with E-state index in [2.05, 4.69) is 5.32 Å². The fourth-order valence-electron chi connectivity index (χ4n) is 1.95. The van der Waals surface area contributed by atoms with Gasteiger partial charge in [-0.2, -0.15) is 0 Å². The van der Waals surface area contributed by atoms with E-state index in [1.165, 1.54) is 31.4 Å². The number of carbonyl (C=O) groups is 2. The van der Waals surface area contributed by atoms with Gasteiger partial charge < -0.3 is 14.8 Å². The molecule has 0 fully saturated rings. The number of rotatable bonds is 6. The molecule has 0 radical (unpaired) electrons. The molecule has 120 valence electrons. The third-order valence-electron chi connectivity index (χ3n) is 3.04. The van der Waals surface area contributed by atoms with E-state index in [0.717, 1.165) is 0 Å². The molecule has 0 aliphatic rings. The summed E-state index contributed by atoms with van der Waals surface area (Å²) in [6.45, 7) is -0.343. The number of carbonyl (C=O) groups excluding carboxylic acids is 2. The Morgan fingerprint density at radius 1 is 1.13 bits per heavy atom. The van der Waals surface area contributed by atoms with Crippen molar-refractivity contribution in [2.75, 3.05) is 13.7 Å². The number of halogens is 1. The van der Waals surface area contributed by atoms with Gasteiger partial charge in [0, 0.05) is 6.07 Å². The molecule has 0 bridgehead atoms. The van der Waals surface area contributed by atoms with E-state index >= 15 is 0 Å². The van der Waals surface area contributed by atoms with Gasteiger partial charge in [0.1, 0.15) is 11.6 Å². The Labute approximate surface area is 133 Å². The number of ether oxygens (including phenoxy) is 2. The number of nitrogens with one attached hydrogen (secondary N) is 1. The smallest absolute Gasteiger partial charge is 0.333 e. The molecule has 1 atom stereocenters. The normalized spacial score (nSPS) is 11.4. The first kappa shape index (κ1) is 16.5. The van der Waals surface area contributed by atoms with Gasteiger partial charge in [-0.15, -0.1) is 0 Å². The number of amides is 1. The quantitative estimate of drug-likeness (QED) is 0.830. The zero-order chi connectivity index (χ0) is 16.7. The maximum atomic E-state index is 13.0. The van der Waals surface area contributed by atoms with Crippen LogP contribution in [0.1, 0.15) is 11.6 Å². The van der Waals surface area contributed by atoms with Crippen molar-refractivity contribution in [1.29, 1.82) is 0 Å². The van der Waals surface area contributed by atoms with Crippen molar-refractivity contribution < 1.29 is 23.5 Å². The van der Waals surface area contributed by atoms with Crippen LogP contribution in [0.3, 0.4) is 0 Å². The summed E-state index contributed by atoms with van der Waals surface area (Å²) in [5, 5.41) is 2.54. The van der Waals surface area contributed by atoms with Gasteiger partial charge in [-0.3, -0.25) is 4.79 Å². The summed E-state index contributed by atoms with van der Waals surface area (Å²) in [7, 11) is 1.24. The minimum absolute atomic E-state index is 0.231. The fourth-order valence-corrected chi connectivity index (χ4v) is 1.95. The van der Waals surface area contributed by atoms with Crippen LogP contribution in [-0.4, -0.2) is 25.6 Å². The average Bonchev–Trinajstić information content (AvgIpc) is 2.58. The molecule has 2 aromatic rings. The summed E-state index contributed by atoms with van der Waals surface area (Å²) in [6, 6.07) is 13.2. The van der Waals surface area contributed by atoms with Crippen molar-refractivity contribution in [2.24, 2.45) is 0 Å². The molecule has 0 spiro atoms. The van der Waals surface area contributed by atoms with Crippen LogP contribution >= 0.6 is 0 Å². The summed E-state index contributed by atoms with van der Waals surface area (Å²) >= 11 is 0. The van der Waals surface area contributed by atoms with Gasteiger partial charge in [0.2, 0.25) is 0 Å². The molecule has 0 saturated carbocycles. The summed E-state index contributed by atoms with van der Waals surface area (Å²) in [6.07, 6.45) is 0. The zero-order valence-corrected chi connectivity index (χ0v) is 12.5. The monoisotopic (exact) mass is 317 g/mol. The Hall–Kier alpha value is -2.89. The lowest BCUT2D eigenvalue weighted by Crippen LogP contribution is -2.37. The SMILES string of the molecule is COC(=O)C(NC(=O)COc1cccc(F)c1)c1ccccc1. The Morgan fingerprint density at radius 2 is 1.87 bits per heavy atom. The van der Waals surface area contributed by atoms with Crippen molar-refractivity contribution in [2.45, 2.75) is 6.04 Å². The zero-order valence-electron chi connectivity index (χ0n) is 12.5. The van der Waals surface area contributed by atoms with Crippen molar-refractivity contribution in [3.05, 3.63) is 66.0 Å². The number of hydrogen-bond donors (Lipinski definition) is 1. The van der Waals surface area contributed by atoms with E-state index in [-0.39, 0.29) is 12.4 Å². The van der Waals surface area contributed by atoms with E-state index in [4.69, 9.17) is 9.47 Å². The topological polar surface area (TPSA) is 64.6 Å². The molecule has 0 saturated heterocycles. The maximum Gasteiger partial charge on any atom is 0.333 e. The van der Waals surface area contributed by atoms with Gasteiger partial charge in [0.15, 0.2) is 12.6 Å². The molecule has 2 rings (SSSR count). The fraction of sp³-hybridized carbons (Fsp3) is 0.176. The van der Waals surface area contributed by atoms with Crippen LogP contribution < -0.4 is 10.1 Å². The first-order chi connectivity index (χ1) is 11.1. The van der Waals surface area contributed by atoms with Crippen LogP contribution in [0.5, 0.6) is 5.75 Å². The predicted octanol–water partition coefficient (Wildman–Crippen LogP) is 2.23. The lowest BCUT2D eigenvalue weighted by molar-refractivity contribution is -0.145. The average molecular weight is 317 g/mol. The van der Waals surface area contributed by atoms with Gasteiger partial charge in [-0.05, 0) is 17.7 Å². The van der Waals surface area contributed by atoms with Crippen molar-refractivity contribution in [3.8, 4) is 5.75 Å². The molecule has 5 nitrogen and oxygen atoms in total. The number of benzene rings is 2. The first-order valence-corrected chi connectivity index (χ1v) is 6.90. The molecule has 23 heavy (non-hydrogen) atoms. The third kappa shape index (κ3) is 4.81. The third-order valence-corrected chi connectivity index (χ3v) is 3.04. The number of hydrogen-bond acceptors (Lipinski definition) is 4. The van der Waals surface area contributed by atoms with Crippen LogP contribution in [0.15, 0.2) is 54.6 Å². The lowest BCUT2D eigenvalue weighted by Gasteiger charge is -2.17. The van der Waals surface area contributed by atoms with Gasteiger partial charge in [-0.1, -0.05) is 36.4 Å². The van der Waals surface area contributed by atoms with Crippen LogP contribution in [0, 0.1) is 5.82 Å². The van der Waals surface area contributed by atoms with Crippen LogP contribution in [-0.2, 0) is 14.3 Å². The lowest BCUT2D eigenvalue weighted by atomic mass is 10.1. The number of methoxy groups -OCH3 is 1. The van der Waals surface area contributed by atoms with Crippen molar-refractivity contribution >= 4 is 11.9 Å². The van der Waals surface area contributed by atoms with Gasteiger partial charge in [0.25, 0.3) is 5.91 Å². The first-order valence-electron chi connectivity index (χ1n) is 6.90. The highest BCUT2D eigenvalue weighted by atomic mass is 19.1. The Balaban J connectivity index is 1.99. The molecular formula is C17H16FNO4. The highest BCUT2D eigenvalue weighted by Gasteiger charge is 2.23. The maximum absolute atomic E-state index is 13.0. The molecular weight excluding hydrogens is 301 g/mol. The molecule has 0 heterocycles. The van der Waals surface area contributed by atoms with Gasteiger partial charge in [-0.25, -0.2) is 9.18 Å².